The van der Waals surface area contributed by atoms with Crippen molar-refractivity contribution >= 4 is 0 Å². The molecule has 0 atom stereocenters. The Kier molecular flexibility index (Phi) is 4.65. The highest BCUT2D eigenvalue weighted by atomic mass is 13.9. The molecule has 0 rings (SSSR count). The predicted octanol–water partition coefficient (Wildman–Crippen LogP) is 3.48. The molecule has 0 fully saturated rings. The second kappa shape index (κ2) is 5.04. The van der Waals surface area contributed by atoms with E-state index >= 15 is 0 Å². The molecule has 56 valence electrons. The minimum atomic E-state index is 1.02. The first-order valence-electron chi connectivity index (χ1n) is 3.61. The smallest absolute Gasteiger partial charge is 0.00985 e. The van der Waals surface area contributed by atoms with E-state index in [-0.39, 0.29) is 0 Å². The van der Waals surface area contributed by atoms with E-state index in [4.69, 9.17) is 0 Å². The van der Waals surface area contributed by atoms with E-state index in [1.54, 1.807) is 0 Å². The first-order chi connectivity index (χ1) is 4.70. The molecule has 0 aromatic rings. The van der Waals surface area contributed by atoms with Gasteiger partial charge in [-0.05, 0) is 32.8 Å². The van der Waals surface area contributed by atoms with E-state index in [0.29, 0.717) is 0 Å². The molecule has 0 amide bonds. The zero-order valence-electron chi connectivity index (χ0n) is 7.15. The molecule has 0 aromatic heterocycles. The summed E-state index contributed by atoms with van der Waals surface area (Å²) in [6, 6.07) is 0. The summed E-state index contributed by atoms with van der Waals surface area (Å²) in [6.45, 7) is 9.96. The summed E-state index contributed by atoms with van der Waals surface area (Å²) in [6.07, 6.45) is 7.21. The van der Waals surface area contributed by atoms with Crippen LogP contribution in [0, 0.1) is 0 Å². The van der Waals surface area contributed by atoms with Crippen LogP contribution in [-0.4, -0.2) is 0 Å². The zero-order chi connectivity index (χ0) is 7.98. The normalized spacial score (nSPS) is 10.9. The van der Waals surface area contributed by atoms with E-state index in [1.807, 2.05) is 13.0 Å². The van der Waals surface area contributed by atoms with Crippen molar-refractivity contribution in [3.8, 4) is 0 Å². The van der Waals surface area contributed by atoms with Crippen LogP contribution in [-0.2, 0) is 0 Å². The minimum absolute atomic E-state index is 1.02. The number of rotatable bonds is 3. The van der Waals surface area contributed by atoms with Gasteiger partial charge in [0.15, 0.2) is 0 Å². The van der Waals surface area contributed by atoms with E-state index in [1.165, 1.54) is 11.1 Å². The standard InChI is InChI=1S/C10H16/c1-5-10(6-2)8-7-9(3)4/h5-7H,1,8H2,2-4H3. The number of allylic oxidation sites excluding steroid dienone is 5. The van der Waals surface area contributed by atoms with Crippen molar-refractivity contribution in [3.05, 3.63) is 36.0 Å². The lowest BCUT2D eigenvalue weighted by atomic mass is 10.1. The van der Waals surface area contributed by atoms with Crippen LogP contribution in [0.25, 0.3) is 0 Å². The Morgan fingerprint density at radius 1 is 1.40 bits per heavy atom. The van der Waals surface area contributed by atoms with Crippen LogP contribution in [0.2, 0.25) is 0 Å². The van der Waals surface area contributed by atoms with Crippen LogP contribution in [0.5, 0.6) is 0 Å². The Morgan fingerprint density at radius 2 is 2.00 bits per heavy atom. The fraction of sp³-hybridized carbons (Fsp3) is 0.400. The van der Waals surface area contributed by atoms with Gasteiger partial charge in [-0.15, -0.1) is 0 Å². The lowest BCUT2D eigenvalue weighted by molar-refractivity contribution is 1.22. The first-order valence-corrected chi connectivity index (χ1v) is 3.61. The lowest BCUT2D eigenvalue weighted by Gasteiger charge is -1.94. The van der Waals surface area contributed by atoms with Gasteiger partial charge < -0.3 is 0 Å². The minimum Gasteiger partial charge on any atom is -0.0988 e. The van der Waals surface area contributed by atoms with Gasteiger partial charge in [0, 0.05) is 0 Å². The van der Waals surface area contributed by atoms with Crippen molar-refractivity contribution in [3.63, 3.8) is 0 Å². The van der Waals surface area contributed by atoms with Gasteiger partial charge in [-0.3, -0.25) is 0 Å². The molecule has 0 unspecified atom stereocenters. The van der Waals surface area contributed by atoms with Gasteiger partial charge >= 0.3 is 0 Å². The maximum atomic E-state index is 3.71. The fourth-order valence-electron chi connectivity index (χ4n) is 0.641. The van der Waals surface area contributed by atoms with Crippen LogP contribution in [0.4, 0.5) is 0 Å². The Balaban J connectivity index is 3.89. The van der Waals surface area contributed by atoms with Crippen molar-refractivity contribution in [2.75, 3.05) is 0 Å². The molecular formula is C10H16. The third-order valence-electron chi connectivity index (χ3n) is 1.38. The molecule has 0 nitrogen and oxygen atoms in total. The van der Waals surface area contributed by atoms with Gasteiger partial charge in [0.2, 0.25) is 0 Å². The van der Waals surface area contributed by atoms with Gasteiger partial charge in [-0.25, -0.2) is 0 Å². The third-order valence-corrected chi connectivity index (χ3v) is 1.38. The van der Waals surface area contributed by atoms with Crippen molar-refractivity contribution in [2.45, 2.75) is 27.2 Å². The monoisotopic (exact) mass is 136 g/mol. The molecule has 0 saturated carbocycles. The molecule has 10 heavy (non-hydrogen) atoms. The van der Waals surface area contributed by atoms with Gasteiger partial charge in [0.1, 0.15) is 0 Å². The van der Waals surface area contributed by atoms with Crippen molar-refractivity contribution in [1.82, 2.24) is 0 Å². The lowest BCUT2D eigenvalue weighted by Crippen LogP contribution is -1.73. The molecule has 0 heteroatoms. The fourth-order valence-corrected chi connectivity index (χ4v) is 0.641. The first kappa shape index (κ1) is 9.22. The van der Waals surface area contributed by atoms with Crippen LogP contribution in [0.1, 0.15) is 27.2 Å². The highest BCUT2D eigenvalue weighted by Crippen LogP contribution is 2.04. The molecule has 0 aliphatic carbocycles. The Bertz CT molecular complexity index is 155. The summed E-state index contributed by atoms with van der Waals surface area (Å²) in [5, 5.41) is 0. The summed E-state index contributed by atoms with van der Waals surface area (Å²) in [4.78, 5) is 0. The molecule has 0 aromatic carbocycles. The molecular weight excluding hydrogens is 120 g/mol. The van der Waals surface area contributed by atoms with Gasteiger partial charge in [0.25, 0.3) is 0 Å². The van der Waals surface area contributed by atoms with E-state index in [9.17, 15) is 0 Å². The van der Waals surface area contributed by atoms with E-state index in [2.05, 4.69) is 32.6 Å². The van der Waals surface area contributed by atoms with Gasteiger partial charge in [-0.2, -0.15) is 0 Å². The molecule has 0 bridgehead atoms. The molecule has 0 heterocycles. The Morgan fingerprint density at radius 3 is 2.30 bits per heavy atom. The van der Waals surface area contributed by atoms with Crippen LogP contribution < -0.4 is 0 Å². The molecule has 0 aliphatic rings. The third kappa shape index (κ3) is 4.13. The van der Waals surface area contributed by atoms with Crippen molar-refractivity contribution in [2.24, 2.45) is 0 Å². The molecule has 0 aliphatic heterocycles. The predicted molar refractivity (Wildman–Crippen MR) is 48.0 cm³/mol. The summed E-state index contributed by atoms with van der Waals surface area (Å²) >= 11 is 0. The summed E-state index contributed by atoms with van der Waals surface area (Å²) in [5.41, 5.74) is 2.66. The molecule has 0 spiro atoms. The van der Waals surface area contributed by atoms with Crippen molar-refractivity contribution < 1.29 is 0 Å². The second-order valence-corrected chi connectivity index (χ2v) is 2.55. The average molecular weight is 136 g/mol. The van der Waals surface area contributed by atoms with Gasteiger partial charge in [-0.1, -0.05) is 30.4 Å². The van der Waals surface area contributed by atoms with Crippen LogP contribution >= 0.6 is 0 Å². The van der Waals surface area contributed by atoms with Crippen LogP contribution in [0.15, 0.2) is 36.0 Å². The molecule has 0 saturated heterocycles. The maximum Gasteiger partial charge on any atom is -0.00985 e. The van der Waals surface area contributed by atoms with Crippen LogP contribution in [0.3, 0.4) is 0 Å². The average Bonchev–Trinajstić information content (AvgIpc) is 1.90. The zero-order valence-corrected chi connectivity index (χ0v) is 7.15. The summed E-state index contributed by atoms with van der Waals surface area (Å²) in [7, 11) is 0. The van der Waals surface area contributed by atoms with E-state index < -0.39 is 0 Å². The summed E-state index contributed by atoms with van der Waals surface area (Å²) in [5.74, 6) is 0. The highest BCUT2D eigenvalue weighted by molar-refractivity contribution is 5.19. The largest absolute Gasteiger partial charge is 0.0988 e. The Hall–Kier alpha value is -0.780. The van der Waals surface area contributed by atoms with Gasteiger partial charge in [0.05, 0.1) is 0 Å². The maximum absolute atomic E-state index is 3.71. The molecule has 0 N–H and O–H groups in total. The topological polar surface area (TPSA) is 0 Å². The Labute approximate surface area is 64.0 Å². The highest BCUT2D eigenvalue weighted by Gasteiger charge is 1.84. The SMILES string of the molecule is C=CC(=CC)CC=C(C)C. The summed E-state index contributed by atoms with van der Waals surface area (Å²) < 4.78 is 0. The quantitative estimate of drug-likeness (QED) is 0.411. The number of hydrogen-bond acceptors (Lipinski definition) is 0. The van der Waals surface area contributed by atoms with E-state index in [0.717, 1.165) is 6.42 Å². The van der Waals surface area contributed by atoms with Crippen molar-refractivity contribution in [1.29, 1.82) is 0 Å². The molecule has 0 radical (unpaired) electrons. The number of hydrogen-bond donors (Lipinski definition) is 0. The second-order valence-electron chi connectivity index (χ2n) is 2.55.